The number of carbonyl (C=O) groups is 1. The lowest BCUT2D eigenvalue weighted by atomic mass is 10.0. The summed E-state index contributed by atoms with van der Waals surface area (Å²) in [6.45, 7) is 4.34. The number of hydrogen-bond acceptors (Lipinski definition) is 2. The van der Waals surface area contributed by atoms with Crippen LogP contribution in [0.2, 0.25) is 0 Å². The highest BCUT2D eigenvalue weighted by Crippen LogP contribution is 2.23. The van der Waals surface area contributed by atoms with E-state index in [0.29, 0.717) is 12.3 Å². The maximum Gasteiger partial charge on any atom is 0.303 e. The molecular weight excluding hydrogens is 252 g/mol. The molecule has 1 N–H and O–H groups in total. The van der Waals surface area contributed by atoms with Gasteiger partial charge in [0.1, 0.15) is 0 Å². The monoisotopic (exact) mass is 272 g/mol. The molecule has 1 aromatic heterocycles. The Labute approximate surface area is 119 Å². The molecule has 1 heterocycles. The number of aromatic nitrogens is 2. The van der Waals surface area contributed by atoms with Gasteiger partial charge in [-0.05, 0) is 23.1 Å². The van der Waals surface area contributed by atoms with Crippen molar-refractivity contribution in [3.63, 3.8) is 0 Å². The molecule has 0 spiro atoms. The second kappa shape index (κ2) is 5.90. The van der Waals surface area contributed by atoms with Crippen LogP contribution in [-0.4, -0.2) is 20.9 Å². The molecule has 0 bridgehead atoms. The van der Waals surface area contributed by atoms with Crippen LogP contribution in [0.1, 0.15) is 37.4 Å². The third-order valence-electron chi connectivity index (χ3n) is 3.40. The summed E-state index contributed by atoms with van der Waals surface area (Å²) in [5, 5.41) is 13.1. The zero-order chi connectivity index (χ0) is 14.7. The first-order valence-electron chi connectivity index (χ1n) is 6.82. The number of carboxylic acid groups (broad SMARTS) is 1. The summed E-state index contributed by atoms with van der Waals surface area (Å²) in [6, 6.07) is 10.4. The third kappa shape index (κ3) is 3.26. The second-order valence-corrected chi connectivity index (χ2v) is 5.31. The predicted octanol–water partition coefficient (Wildman–Crippen LogP) is 3.23. The SMILES string of the molecule is CC(C)c1ccc(-c2cc(CCC(=O)O)nn2C)cc1. The number of hydrogen-bond donors (Lipinski definition) is 1. The van der Waals surface area contributed by atoms with Crippen LogP contribution in [0.3, 0.4) is 0 Å². The summed E-state index contributed by atoms with van der Waals surface area (Å²) >= 11 is 0. The lowest BCUT2D eigenvalue weighted by Crippen LogP contribution is -1.99. The first kappa shape index (κ1) is 14.3. The zero-order valence-electron chi connectivity index (χ0n) is 12.1. The maximum absolute atomic E-state index is 10.6. The Balaban J connectivity index is 2.21. The molecule has 0 amide bonds. The molecule has 2 aromatic rings. The van der Waals surface area contributed by atoms with Crippen LogP contribution in [0.5, 0.6) is 0 Å². The Morgan fingerprint density at radius 2 is 1.95 bits per heavy atom. The van der Waals surface area contributed by atoms with Gasteiger partial charge in [0.25, 0.3) is 0 Å². The predicted molar refractivity (Wildman–Crippen MR) is 78.7 cm³/mol. The van der Waals surface area contributed by atoms with Gasteiger partial charge in [-0.15, -0.1) is 0 Å². The number of rotatable bonds is 5. The van der Waals surface area contributed by atoms with Gasteiger partial charge in [-0.3, -0.25) is 9.48 Å². The molecule has 2 rings (SSSR count). The van der Waals surface area contributed by atoms with Gasteiger partial charge >= 0.3 is 5.97 Å². The Hall–Kier alpha value is -2.10. The molecule has 4 heteroatoms. The molecule has 20 heavy (non-hydrogen) atoms. The van der Waals surface area contributed by atoms with E-state index in [4.69, 9.17) is 5.11 Å². The standard InChI is InChI=1S/C16H20N2O2/c1-11(2)12-4-6-13(7-5-12)15-10-14(17-18(15)3)8-9-16(19)20/h4-7,10-11H,8-9H2,1-3H3,(H,19,20). The molecule has 0 aliphatic rings. The van der Waals surface area contributed by atoms with E-state index in [-0.39, 0.29) is 6.42 Å². The van der Waals surface area contributed by atoms with E-state index in [2.05, 4.69) is 43.2 Å². The largest absolute Gasteiger partial charge is 0.481 e. The average molecular weight is 272 g/mol. The van der Waals surface area contributed by atoms with Crippen molar-refractivity contribution < 1.29 is 9.90 Å². The van der Waals surface area contributed by atoms with Gasteiger partial charge < -0.3 is 5.11 Å². The van der Waals surface area contributed by atoms with Gasteiger partial charge in [0.2, 0.25) is 0 Å². The smallest absolute Gasteiger partial charge is 0.303 e. The van der Waals surface area contributed by atoms with Crippen LogP contribution in [0.25, 0.3) is 11.3 Å². The summed E-state index contributed by atoms with van der Waals surface area (Å²) in [5.41, 5.74) is 4.24. The molecule has 0 fully saturated rings. The van der Waals surface area contributed by atoms with Crippen molar-refractivity contribution in [2.75, 3.05) is 0 Å². The molecule has 0 aliphatic carbocycles. The first-order chi connectivity index (χ1) is 9.47. The molecule has 0 unspecified atom stereocenters. The van der Waals surface area contributed by atoms with Crippen molar-refractivity contribution in [3.8, 4) is 11.3 Å². The van der Waals surface area contributed by atoms with Gasteiger partial charge in [-0.2, -0.15) is 5.10 Å². The van der Waals surface area contributed by atoms with Crippen LogP contribution in [0.15, 0.2) is 30.3 Å². The normalized spacial score (nSPS) is 11.0. The zero-order valence-corrected chi connectivity index (χ0v) is 12.1. The lowest BCUT2D eigenvalue weighted by Gasteiger charge is -2.07. The minimum absolute atomic E-state index is 0.114. The van der Waals surface area contributed by atoms with Gasteiger partial charge in [0.15, 0.2) is 0 Å². The van der Waals surface area contributed by atoms with Crippen LogP contribution in [-0.2, 0) is 18.3 Å². The summed E-state index contributed by atoms with van der Waals surface area (Å²) < 4.78 is 1.81. The second-order valence-electron chi connectivity index (χ2n) is 5.31. The van der Waals surface area contributed by atoms with Crippen LogP contribution in [0, 0.1) is 0 Å². The van der Waals surface area contributed by atoms with Crippen LogP contribution in [0.4, 0.5) is 0 Å². The van der Waals surface area contributed by atoms with E-state index in [1.165, 1.54) is 5.56 Å². The topological polar surface area (TPSA) is 55.1 Å². The van der Waals surface area contributed by atoms with Gasteiger partial charge in [-0.1, -0.05) is 38.1 Å². The number of nitrogens with zero attached hydrogens (tertiary/aromatic N) is 2. The summed E-state index contributed by atoms with van der Waals surface area (Å²) in [5.74, 6) is -0.278. The number of benzene rings is 1. The highest BCUT2D eigenvalue weighted by molar-refractivity contribution is 5.67. The Morgan fingerprint density at radius 3 is 2.50 bits per heavy atom. The van der Waals surface area contributed by atoms with E-state index >= 15 is 0 Å². The highest BCUT2D eigenvalue weighted by Gasteiger charge is 2.09. The minimum Gasteiger partial charge on any atom is -0.481 e. The quantitative estimate of drug-likeness (QED) is 0.909. The maximum atomic E-state index is 10.6. The van der Waals surface area contributed by atoms with E-state index in [1.54, 1.807) is 0 Å². The van der Waals surface area contributed by atoms with Crippen LogP contribution < -0.4 is 0 Å². The Morgan fingerprint density at radius 1 is 1.30 bits per heavy atom. The Kier molecular flexibility index (Phi) is 4.23. The van der Waals surface area contributed by atoms with Crippen LogP contribution >= 0.6 is 0 Å². The van der Waals surface area contributed by atoms with Gasteiger partial charge in [-0.25, -0.2) is 0 Å². The number of aryl methyl sites for hydroxylation is 2. The number of aliphatic carboxylic acids is 1. The molecule has 0 atom stereocenters. The van der Waals surface area contributed by atoms with E-state index in [9.17, 15) is 4.79 Å². The van der Waals surface area contributed by atoms with Crippen molar-refractivity contribution in [2.24, 2.45) is 7.05 Å². The van der Waals surface area contributed by atoms with Crippen molar-refractivity contribution in [3.05, 3.63) is 41.6 Å². The van der Waals surface area contributed by atoms with E-state index in [1.807, 2.05) is 17.8 Å². The average Bonchev–Trinajstić information content (AvgIpc) is 2.78. The van der Waals surface area contributed by atoms with Gasteiger partial charge in [0.05, 0.1) is 17.8 Å². The molecular formula is C16H20N2O2. The van der Waals surface area contributed by atoms with Crippen molar-refractivity contribution in [1.82, 2.24) is 9.78 Å². The molecule has 0 aliphatic heterocycles. The fourth-order valence-electron chi connectivity index (χ4n) is 2.19. The summed E-state index contributed by atoms with van der Waals surface area (Å²) in [4.78, 5) is 10.6. The Bertz CT molecular complexity index is 597. The van der Waals surface area contributed by atoms with E-state index < -0.39 is 5.97 Å². The summed E-state index contributed by atoms with van der Waals surface area (Å²) in [6.07, 6.45) is 0.579. The fraction of sp³-hybridized carbons (Fsp3) is 0.375. The fourth-order valence-corrected chi connectivity index (χ4v) is 2.19. The molecule has 0 saturated heterocycles. The lowest BCUT2D eigenvalue weighted by molar-refractivity contribution is -0.136. The minimum atomic E-state index is -0.793. The number of carboxylic acids is 1. The molecule has 106 valence electrons. The summed E-state index contributed by atoms with van der Waals surface area (Å²) in [7, 11) is 1.88. The molecule has 0 saturated carbocycles. The first-order valence-corrected chi connectivity index (χ1v) is 6.82. The van der Waals surface area contributed by atoms with E-state index in [0.717, 1.165) is 17.0 Å². The van der Waals surface area contributed by atoms with Crippen molar-refractivity contribution >= 4 is 5.97 Å². The molecule has 1 aromatic carbocycles. The third-order valence-corrected chi connectivity index (χ3v) is 3.40. The van der Waals surface area contributed by atoms with Crippen molar-refractivity contribution in [2.45, 2.75) is 32.6 Å². The highest BCUT2D eigenvalue weighted by atomic mass is 16.4. The molecule has 0 radical (unpaired) electrons. The van der Waals surface area contributed by atoms with Gasteiger partial charge in [0, 0.05) is 13.5 Å². The molecule has 4 nitrogen and oxygen atoms in total. The van der Waals surface area contributed by atoms with Crippen molar-refractivity contribution in [1.29, 1.82) is 0 Å².